The van der Waals surface area contributed by atoms with Crippen LogP contribution in [-0.4, -0.2) is 65.1 Å². The van der Waals surface area contributed by atoms with Crippen molar-refractivity contribution in [2.75, 3.05) is 20.1 Å². The van der Waals surface area contributed by atoms with Crippen LogP contribution in [0.3, 0.4) is 0 Å². The predicted octanol–water partition coefficient (Wildman–Crippen LogP) is 4.08. The number of hydrogen-bond acceptors (Lipinski definition) is 6. The van der Waals surface area contributed by atoms with E-state index in [9.17, 15) is 14.7 Å². The van der Waals surface area contributed by atoms with Crippen LogP contribution in [0.2, 0.25) is 0 Å². The number of rotatable bonds is 6. The highest BCUT2D eigenvalue weighted by Crippen LogP contribution is 2.65. The fourth-order valence-electron chi connectivity index (χ4n) is 7.68. The number of phenolic OH excluding ortho intramolecular Hbond substituents is 1. The highest BCUT2D eigenvalue weighted by molar-refractivity contribution is 5.92. The van der Waals surface area contributed by atoms with Gasteiger partial charge in [0.2, 0.25) is 5.91 Å². The number of carbonyl (C=O) groups is 2. The van der Waals surface area contributed by atoms with Crippen molar-refractivity contribution in [1.29, 1.82) is 0 Å². The van der Waals surface area contributed by atoms with Gasteiger partial charge in [0.15, 0.2) is 11.5 Å². The lowest BCUT2D eigenvalue weighted by Crippen LogP contribution is -2.68. The normalized spacial score (nSPS) is 28.9. The van der Waals surface area contributed by atoms with Gasteiger partial charge >= 0.3 is 5.97 Å². The van der Waals surface area contributed by atoms with Crippen LogP contribution in [0.25, 0.3) is 6.08 Å². The molecule has 7 heteroatoms. The second-order valence-corrected chi connectivity index (χ2v) is 11.0. The number of ether oxygens (including phenoxy) is 2. The molecule has 0 unspecified atom stereocenters. The number of aromatic hydroxyl groups is 1. The number of esters is 1. The topological polar surface area (TPSA) is 79.3 Å². The fourth-order valence-corrected chi connectivity index (χ4v) is 7.68. The van der Waals surface area contributed by atoms with Crippen LogP contribution >= 0.6 is 0 Å². The lowest BCUT2D eigenvalue weighted by Gasteiger charge is -2.60. The molecule has 1 amide bonds. The predicted molar refractivity (Wildman–Crippen MR) is 144 cm³/mol. The van der Waals surface area contributed by atoms with Crippen molar-refractivity contribution >= 4 is 18.0 Å². The summed E-state index contributed by atoms with van der Waals surface area (Å²) in [6, 6.07) is 11.4. The summed E-state index contributed by atoms with van der Waals surface area (Å²) in [6.45, 7) is 6.99. The Kier molecular flexibility index (Phi) is 6.06. The van der Waals surface area contributed by atoms with E-state index in [0.717, 1.165) is 49.0 Å². The quantitative estimate of drug-likeness (QED) is 0.271. The van der Waals surface area contributed by atoms with Gasteiger partial charge in [-0.2, -0.15) is 0 Å². The summed E-state index contributed by atoms with van der Waals surface area (Å²) < 4.78 is 12.3. The molecule has 4 aliphatic rings. The van der Waals surface area contributed by atoms with Gasteiger partial charge in [0.05, 0.1) is 6.04 Å². The summed E-state index contributed by atoms with van der Waals surface area (Å²) in [4.78, 5) is 29.6. The number of likely N-dealkylation sites (N-methyl/N-ethyl adjacent to an activating group) is 1. The van der Waals surface area contributed by atoms with Gasteiger partial charge in [-0.15, -0.1) is 6.58 Å². The van der Waals surface area contributed by atoms with Crippen molar-refractivity contribution in [3.8, 4) is 17.2 Å². The fraction of sp³-hybridized carbons (Fsp3) is 0.419. The molecule has 1 saturated carbocycles. The van der Waals surface area contributed by atoms with E-state index in [4.69, 9.17) is 9.47 Å². The molecule has 2 aromatic rings. The first kappa shape index (κ1) is 24.7. The van der Waals surface area contributed by atoms with E-state index in [1.807, 2.05) is 54.4 Å². The maximum absolute atomic E-state index is 13.4. The van der Waals surface area contributed by atoms with Crippen LogP contribution in [0.4, 0.5) is 0 Å². The summed E-state index contributed by atoms with van der Waals surface area (Å²) in [7, 11) is 1.85. The molecule has 1 saturated heterocycles. The lowest BCUT2D eigenvalue weighted by molar-refractivity contribution is -0.135. The number of likely N-dealkylation sites (tertiary alicyclic amines) is 1. The average molecular weight is 515 g/mol. The Balaban J connectivity index is 1.41. The van der Waals surface area contributed by atoms with Gasteiger partial charge in [-0.25, -0.2) is 0 Å². The number of piperidine rings is 1. The maximum Gasteiger partial charge on any atom is 0.308 e. The number of hydrogen-bond donors (Lipinski definition) is 1. The van der Waals surface area contributed by atoms with Crippen LogP contribution < -0.4 is 9.47 Å². The molecule has 6 rings (SSSR count). The lowest BCUT2D eigenvalue weighted by atomic mass is 9.51. The third-order valence-corrected chi connectivity index (χ3v) is 9.17. The molecule has 7 nitrogen and oxygen atoms in total. The van der Waals surface area contributed by atoms with Crippen molar-refractivity contribution in [2.24, 2.45) is 5.92 Å². The molecular weight excluding hydrogens is 480 g/mol. The molecule has 38 heavy (non-hydrogen) atoms. The third-order valence-electron chi connectivity index (χ3n) is 9.17. The van der Waals surface area contributed by atoms with Crippen molar-refractivity contribution in [2.45, 2.75) is 56.2 Å². The molecule has 198 valence electrons. The van der Waals surface area contributed by atoms with E-state index < -0.39 is 5.97 Å². The van der Waals surface area contributed by atoms with E-state index in [-0.39, 0.29) is 41.0 Å². The zero-order valence-corrected chi connectivity index (χ0v) is 21.9. The monoisotopic (exact) mass is 514 g/mol. The van der Waals surface area contributed by atoms with Gasteiger partial charge in [-0.1, -0.05) is 36.4 Å². The van der Waals surface area contributed by atoms with E-state index in [0.29, 0.717) is 18.1 Å². The SMILES string of the molecule is C=CCN1CC[C@]23c4c5c(O)cc(OC(C)=O)c4O[C@H]2[C@H](N(C)C(=O)C=Cc2ccccc2)CC[C@H]3[C@H]1C5. The van der Waals surface area contributed by atoms with Gasteiger partial charge in [0.1, 0.15) is 11.9 Å². The molecule has 2 heterocycles. The largest absolute Gasteiger partial charge is 0.508 e. The molecule has 5 atom stereocenters. The molecule has 2 aromatic carbocycles. The summed E-state index contributed by atoms with van der Waals surface area (Å²) in [6.07, 6.45) is 8.43. The number of carbonyl (C=O) groups excluding carboxylic acids is 2. The van der Waals surface area contributed by atoms with E-state index in [1.165, 1.54) is 13.0 Å². The van der Waals surface area contributed by atoms with Gasteiger partial charge in [-0.05, 0) is 49.8 Å². The molecule has 1 spiro atoms. The zero-order valence-electron chi connectivity index (χ0n) is 21.9. The molecule has 0 radical (unpaired) electrons. The average Bonchev–Trinajstić information content (AvgIpc) is 3.25. The minimum atomic E-state index is -0.461. The Morgan fingerprint density at radius 1 is 1.29 bits per heavy atom. The number of amides is 1. The third kappa shape index (κ3) is 3.67. The molecule has 2 aliphatic heterocycles. The van der Waals surface area contributed by atoms with Crippen molar-refractivity contribution in [1.82, 2.24) is 9.80 Å². The smallest absolute Gasteiger partial charge is 0.308 e. The Morgan fingerprint density at radius 3 is 2.82 bits per heavy atom. The Hall–Kier alpha value is -3.58. The summed E-state index contributed by atoms with van der Waals surface area (Å²) in [5.41, 5.74) is 2.48. The second kappa shape index (κ2) is 9.31. The zero-order chi connectivity index (χ0) is 26.6. The highest BCUT2D eigenvalue weighted by atomic mass is 16.6. The van der Waals surface area contributed by atoms with E-state index in [2.05, 4.69) is 11.5 Å². The van der Waals surface area contributed by atoms with Crippen LogP contribution in [0.15, 0.2) is 55.1 Å². The first-order valence-electron chi connectivity index (χ1n) is 13.4. The minimum Gasteiger partial charge on any atom is -0.508 e. The Morgan fingerprint density at radius 2 is 2.08 bits per heavy atom. The minimum absolute atomic E-state index is 0.0759. The molecule has 1 N–H and O–H groups in total. The molecule has 2 bridgehead atoms. The van der Waals surface area contributed by atoms with Crippen LogP contribution in [-0.2, 0) is 21.4 Å². The Labute approximate surface area is 223 Å². The van der Waals surface area contributed by atoms with Crippen LogP contribution in [0.1, 0.15) is 42.9 Å². The van der Waals surface area contributed by atoms with Crippen LogP contribution in [0.5, 0.6) is 17.2 Å². The highest BCUT2D eigenvalue weighted by Gasteiger charge is 2.67. The first-order valence-corrected chi connectivity index (χ1v) is 13.4. The Bertz CT molecular complexity index is 1320. The second-order valence-electron chi connectivity index (χ2n) is 11.0. The molecule has 2 aliphatic carbocycles. The molecule has 0 aromatic heterocycles. The maximum atomic E-state index is 13.4. The van der Waals surface area contributed by atoms with Crippen molar-refractivity contribution in [3.63, 3.8) is 0 Å². The van der Waals surface area contributed by atoms with E-state index >= 15 is 0 Å². The molecule has 2 fully saturated rings. The standard InChI is InChI=1S/C31H34N2O5/c1-4-15-33-16-14-31-22-11-12-23(32(3)27(36)13-10-20-8-6-5-7-9-20)30(31)38-29-26(37-19(2)34)18-25(35)21(28(29)31)17-24(22)33/h4-10,13,18,22-24,30,35H,1,11-12,14-17H2,2-3H3/t22-,23+,24+,30-,31-/m0/s1. The summed E-state index contributed by atoms with van der Waals surface area (Å²) in [5, 5.41) is 11.1. The first-order chi connectivity index (χ1) is 18.3. The van der Waals surface area contributed by atoms with Gasteiger partial charge in [0.25, 0.3) is 0 Å². The molecular formula is C31H34N2O5. The van der Waals surface area contributed by atoms with Crippen LogP contribution in [0, 0.1) is 5.92 Å². The van der Waals surface area contributed by atoms with Gasteiger partial charge < -0.3 is 19.5 Å². The van der Waals surface area contributed by atoms with Gasteiger partial charge in [0, 0.05) is 55.2 Å². The summed E-state index contributed by atoms with van der Waals surface area (Å²) in [5.74, 6) is 0.739. The van der Waals surface area contributed by atoms with E-state index in [1.54, 1.807) is 6.08 Å². The number of phenols is 1. The van der Waals surface area contributed by atoms with Crippen molar-refractivity contribution in [3.05, 3.63) is 71.8 Å². The van der Waals surface area contributed by atoms with Gasteiger partial charge in [-0.3, -0.25) is 14.5 Å². The van der Waals surface area contributed by atoms with Crippen molar-refractivity contribution < 1.29 is 24.2 Å². The number of nitrogens with zero attached hydrogens (tertiary/aromatic N) is 2. The number of benzene rings is 2. The summed E-state index contributed by atoms with van der Waals surface area (Å²) >= 11 is 0.